The lowest BCUT2D eigenvalue weighted by atomic mass is 9.84. The van der Waals surface area contributed by atoms with E-state index in [1.54, 1.807) is 0 Å². The minimum atomic E-state index is 0.885. The van der Waals surface area contributed by atoms with E-state index >= 15 is 0 Å². The topological polar surface area (TPSA) is 26.3 Å². The summed E-state index contributed by atoms with van der Waals surface area (Å²) < 4.78 is 12.7. The maximum Gasteiger partial charge on any atom is 0.136 e. The SMILES string of the molecule is c1cc(-c2ccc3oc4ccc5c(ccc6oc7ccccc7c65)c4c3c2)cc(-c2c3ccccc3c(-c3cccc4ccccc34)c3ccccc23)c1. The van der Waals surface area contributed by atoms with Crippen LogP contribution in [0.25, 0.3) is 120 Å². The smallest absolute Gasteiger partial charge is 0.136 e. The molecule has 2 aromatic heterocycles. The van der Waals surface area contributed by atoms with Gasteiger partial charge in [-0.05, 0) is 125 Å². The van der Waals surface area contributed by atoms with Gasteiger partial charge < -0.3 is 8.83 Å². The van der Waals surface area contributed by atoms with Crippen molar-refractivity contribution in [2.24, 2.45) is 0 Å². The molecule has 0 saturated carbocycles. The maximum atomic E-state index is 6.47. The maximum absolute atomic E-state index is 6.47. The molecule has 250 valence electrons. The first-order valence-electron chi connectivity index (χ1n) is 18.5. The largest absolute Gasteiger partial charge is 0.456 e. The van der Waals surface area contributed by atoms with Crippen molar-refractivity contribution in [3.8, 4) is 33.4 Å². The third-order valence-corrected chi connectivity index (χ3v) is 11.4. The molecule has 12 rings (SSSR count). The molecule has 2 heterocycles. The molecule has 0 atom stereocenters. The Bertz CT molecular complexity index is 3440. The van der Waals surface area contributed by atoms with Crippen LogP contribution in [0.5, 0.6) is 0 Å². The Labute approximate surface area is 310 Å². The fourth-order valence-corrected chi connectivity index (χ4v) is 9.11. The van der Waals surface area contributed by atoms with Crippen molar-refractivity contribution in [1.82, 2.24) is 0 Å². The minimum Gasteiger partial charge on any atom is -0.456 e. The quantitative estimate of drug-likeness (QED) is 0.173. The fraction of sp³-hybridized carbons (Fsp3) is 0. The van der Waals surface area contributed by atoms with Crippen molar-refractivity contribution >= 4 is 87.0 Å². The van der Waals surface area contributed by atoms with Crippen molar-refractivity contribution < 1.29 is 8.83 Å². The molecule has 0 bridgehead atoms. The highest BCUT2D eigenvalue weighted by atomic mass is 16.3. The number of furan rings is 2. The zero-order valence-corrected chi connectivity index (χ0v) is 29.1. The molecule has 0 saturated heterocycles. The van der Waals surface area contributed by atoms with Gasteiger partial charge in [-0.3, -0.25) is 0 Å². The summed E-state index contributed by atoms with van der Waals surface area (Å²) in [6.45, 7) is 0. The van der Waals surface area contributed by atoms with Gasteiger partial charge in [0.1, 0.15) is 22.3 Å². The number of para-hydroxylation sites is 1. The van der Waals surface area contributed by atoms with Crippen LogP contribution >= 0.6 is 0 Å². The van der Waals surface area contributed by atoms with Crippen molar-refractivity contribution in [3.05, 3.63) is 182 Å². The van der Waals surface area contributed by atoms with E-state index in [9.17, 15) is 0 Å². The van der Waals surface area contributed by atoms with E-state index in [0.717, 1.165) is 49.4 Å². The van der Waals surface area contributed by atoms with Crippen molar-refractivity contribution in [2.45, 2.75) is 0 Å². The third-order valence-electron chi connectivity index (χ3n) is 11.4. The van der Waals surface area contributed by atoms with E-state index < -0.39 is 0 Å². The molecule has 0 aliphatic carbocycles. The molecule has 0 unspecified atom stereocenters. The van der Waals surface area contributed by atoms with Gasteiger partial charge in [-0.2, -0.15) is 0 Å². The number of fused-ring (bicyclic) bond motifs is 12. The van der Waals surface area contributed by atoms with Crippen LogP contribution in [-0.4, -0.2) is 0 Å². The number of hydrogen-bond donors (Lipinski definition) is 0. The average molecular weight is 687 g/mol. The minimum absolute atomic E-state index is 0.885. The number of benzene rings is 10. The van der Waals surface area contributed by atoms with Gasteiger partial charge in [-0.15, -0.1) is 0 Å². The molecule has 54 heavy (non-hydrogen) atoms. The number of rotatable bonds is 3. The van der Waals surface area contributed by atoms with Crippen LogP contribution in [0.3, 0.4) is 0 Å². The predicted molar refractivity (Wildman–Crippen MR) is 227 cm³/mol. The molecule has 10 aromatic carbocycles. The molecule has 0 N–H and O–H groups in total. The highest BCUT2D eigenvalue weighted by Crippen LogP contribution is 2.46. The Morgan fingerprint density at radius 2 is 0.759 bits per heavy atom. The van der Waals surface area contributed by atoms with Gasteiger partial charge in [0, 0.05) is 21.5 Å². The van der Waals surface area contributed by atoms with Crippen molar-refractivity contribution in [3.63, 3.8) is 0 Å². The van der Waals surface area contributed by atoms with E-state index in [2.05, 4.69) is 170 Å². The summed E-state index contributed by atoms with van der Waals surface area (Å²) in [7, 11) is 0. The van der Waals surface area contributed by atoms with E-state index in [-0.39, 0.29) is 0 Å². The number of hydrogen-bond acceptors (Lipinski definition) is 2. The second-order valence-corrected chi connectivity index (χ2v) is 14.3. The van der Waals surface area contributed by atoms with Crippen LogP contribution in [0.1, 0.15) is 0 Å². The Hall–Kier alpha value is -7.16. The van der Waals surface area contributed by atoms with Crippen LogP contribution in [-0.2, 0) is 0 Å². The van der Waals surface area contributed by atoms with Gasteiger partial charge in [-0.1, -0.05) is 133 Å². The van der Waals surface area contributed by atoms with Crippen LogP contribution in [0.4, 0.5) is 0 Å². The van der Waals surface area contributed by atoms with Crippen molar-refractivity contribution in [1.29, 1.82) is 0 Å². The van der Waals surface area contributed by atoms with Gasteiger partial charge in [0.15, 0.2) is 0 Å². The van der Waals surface area contributed by atoms with Gasteiger partial charge in [0.2, 0.25) is 0 Å². The highest BCUT2D eigenvalue weighted by Gasteiger charge is 2.19. The van der Waals surface area contributed by atoms with Crippen LogP contribution in [0, 0.1) is 0 Å². The van der Waals surface area contributed by atoms with E-state index in [0.29, 0.717) is 0 Å². The Kier molecular flexibility index (Phi) is 6.09. The lowest BCUT2D eigenvalue weighted by Gasteiger charge is -2.19. The summed E-state index contributed by atoms with van der Waals surface area (Å²) in [6, 6.07) is 65.7. The Morgan fingerprint density at radius 3 is 1.48 bits per heavy atom. The molecule has 0 aliphatic heterocycles. The van der Waals surface area contributed by atoms with Gasteiger partial charge in [-0.25, -0.2) is 0 Å². The predicted octanol–water partition coefficient (Wildman–Crippen LogP) is 15.1. The Morgan fingerprint density at radius 1 is 0.259 bits per heavy atom. The van der Waals surface area contributed by atoms with Crippen LogP contribution in [0.2, 0.25) is 0 Å². The fourth-order valence-electron chi connectivity index (χ4n) is 9.11. The van der Waals surface area contributed by atoms with Gasteiger partial charge >= 0.3 is 0 Å². The molecular weight excluding hydrogens is 657 g/mol. The first kappa shape index (κ1) is 29.4. The lowest BCUT2D eigenvalue weighted by molar-refractivity contribution is 0.668. The zero-order chi connectivity index (χ0) is 35.3. The molecule has 0 amide bonds. The van der Waals surface area contributed by atoms with Crippen molar-refractivity contribution in [2.75, 3.05) is 0 Å². The first-order valence-corrected chi connectivity index (χ1v) is 18.5. The molecule has 12 aromatic rings. The standard InChI is InChI=1S/C52H30O2/c1-2-15-35-31(11-1)12-10-21-36(35)50-39-18-5-3-16-37(39)49(38-17-4-6-19-40(38)50)34-14-9-13-32(29-34)33-23-26-46-44(30-33)52-42-25-27-47-51(41(42)24-28-48(52)54-46)43-20-7-8-22-45(43)53-47/h1-30H. The van der Waals surface area contributed by atoms with Gasteiger partial charge in [0.25, 0.3) is 0 Å². The molecule has 0 spiro atoms. The molecule has 2 nitrogen and oxygen atoms in total. The van der Waals surface area contributed by atoms with E-state index in [1.165, 1.54) is 70.9 Å². The summed E-state index contributed by atoms with van der Waals surface area (Å²) in [5, 5.41) is 14.4. The molecule has 0 aliphatic rings. The summed E-state index contributed by atoms with van der Waals surface area (Å²) in [5.74, 6) is 0. The zero-order valence-electron chi connectivity index (χ0n) is 29.1. The third kappa shape index (κ3) is 4.17. The molecule has 0 radical (unpaired) electrons. The molecule has 0 fully saturated rings. The second-order valence-electron chi connectivity index (χ2n) is 14.3. The monoisotopic (exact) mass is 686 g/mol. The first-order chi connectivity index (χ1) is 26.8. The van der Waals surface area contributed by atoms with E-state index in [1.807, 2.05) is 12.1 Å². The second kappa shape index (κ2) is 11.2. The van der Waals surface area contributed by atoms with Crippen LogP contribution < -0.4 is 0 Å². The van der Waals surface area contributed by atoms with Gasteiger partial charge in [0.05, 0.1) is 0 Å². The molecule has 2 heteroatoms. The van der Waals surface area contributed by atoms with E-state index in [4.69, 9.17) is 8.83 Å². The highest BCUT2D eigenvalue weighted by molar-refractivity contribution is 6.28. The summed E-state index contributed by atoms with van der Waals surface area (Å²) >= 11 is 0. The summed E-state index contributed by atoms with van der Waals surface area (Å²) in [5.41, 5.74) is 10.9. The Balaban J connectivity index is 1.07. The average Bonchev–Trinajstić information content (AvgIpc) is 3.81. The summed E-state index contributed by atoms with van der Waals surface area (Å²) in [4.78, 5) is 0. The molecular formula is C52H30O2. The van der Waals surface area contributed by atoms with Crippen LogP contribution in [0.15, 0.2) is 191 Å². The summed E-state index contributed by atoms with van der Waals surface area (Å²) in [6.07, 6.45) is 0. The lowest BCUT2D eigenvalue weighted by Crippen LogP contribution is -1.92. The normalized spacial score (nSPS) is 12.1.